The average molecular weight is 257 g/mol. The zero-order valence-corrected chi connectivity index (χ0v) is 11.4. The minimum Gasteiger partial charge on any atom is -0.380 e. The maximum atomic E-state index is 4.49. The molecule has 0 aromatic carbocycles. The van der Waals surface area contributed by atoms with Crippen LogP contribution in [0.25, 0.3) is 5.82 Å². The van der Waals surface area contributed by atoms with Crippen LogP contribution in [0, 0.1) is 6.92 Å². The van der Waals surface area contributed by atoms with E-state index in [9.17, 15) is 0 Å². The molecule has 1 saturated heterocycles. The molecule has 3 rings (SSSR count). The van der Waals surface area contributed by atoms with Crippen molar-refractivity contribution in [2.24, 2.45) is 0 Å². The zero-order chi connectivity index (χ0) is 13.2. The van der Waals surface area contributed by atoms with Crippen molar-refractivity contribution in [1.29, 1.82) is 0 Å². The number of rotatable bonds is 3. The third-order valence-electron chi connectivity index (χ3n) is 3.58. The van der Waals surface area contributed by atoms with E-state index in [-0.39, 0.29) is 0 Å². The molecule has 2 aromatic rings. The highest BCUT2D eigenvalue weighted by atomic mass is 15.2. The Balaban J connectivity index is 1.71. The van der Waals surface area contributed by atoms with Crippen LogP contribution in [0.3, 0.4) is 0 Å². The largest absolute Gasteiger partial charge is 0.380 e. The Labute approximate surface area is 113 Å². The van der Waals surface area contributed by atoms with Gasteiger partial charge in [-0.1, -0.05) is 0 Å². The fraction of sp³-hybridized carbons (Fsp3) is 0.429. The number of likely N-dealkylation sites (N-methyl/N-ethyl adjacent to an activating group) is 1. The summed E-state index contributed by atoms with van der Waals surface area (Å²) in [5, 5.41) is 3.53. The molecule has 5 nitrogen and oxygen atoms in total. The second-order valence-electron chi connectivity index (χ2n) is 5.14. The summed E-state index contributed by atoms with van der Waals surface area (Å²) in [5.74, 6) is 1.86. The Morgan fingerprint density at radius 3 is 2.79 bits per heavy atom. The lowest BCUT2D eigenvalue weighted by molar-refractivity contribution is 0.414. The van der Waals surface area contributed by atoms with Gasteiger partial charge in [0.15, 0.2) is 0 Å². The lowest BCUT2D eigenvalue weighted by Gasteiger charge is -2.14. The first kappa shape index (κ1) is 12.2. The molecule has 0 aliphatic carbocycles. The number of aromatic nitrogens is 3. The number of aryl methyl sites for hydroxylation is 1. The minimum absolute atomic E-state index is 0.535. The molecule has 1 N–H and O–H groups in total. The van der Waals surface area contributed by atoms with Gasteiger partial charge in [0.05, 0.1) is 11.9 Å². The first-order valence-electron chi connectivity index (χ1n) is 6.64. The van der Waals surface area contributed by atoms with Crippen molar-refractivity contribution in [3.63, 3.8) is 0 Å². The molecule has 19 heavy (non-hydrogen) atoms. The second-order valence-corrected chi connectivity index (χ2v) is 5.14. The molecule has 0 spiro atoms. The highest BCUT2D eigenvalue weighted by Gasteiger charge is 2.18. The van der Waals surface area contributed by atoms with Crippen LogP contribution in [0.5, 0.6) is 0 Å². The molecule has 1 unspecified atom stereocenters. The van der Waals surface area contributed by atoms with Crippen LogP contribution in [0.4, 0.5) is 5.69 Å². The summed E-state index contributed by atoms with van der Waals surface area (Å²) in [7, 11) is 2.16. The maximum Gasteiger partial charge on any atom is 0.138 e. The monoisotopic (exact) mass is 257 g/mol. The summed E-state index contributed by atoms with van der Waals surface area (Å²) in [6, 6.07) is 4.64. The summed E-state index contributed by atoms with van der Waals surface area (Å²) >= 11 is 0. The van der Waals surface area contributed by atoms with Crippen molar-refractivity contribution < 1.29 is 0 Å². The third kappa shape index (κ3) is 2.61. The molecule has 0 radical (unpaired) electrons. The third-order valence-corrected chi connectivity index (χ3v) is 3.58. The number of pyridine rings is 1. The van der Waals surface area contributed by atoms with E-state index in [1.54, 1.807) is 6.20 Å². The van der Waals surface area contributed by atoms with Gasteiger partial charge in [-0.2, -0.15) is 0 Å². The van der Waals surface area contributed by atoms with Gasteiger partial charge in [-0.05, 0) is 39.1 Å². The standard InChI is InChI=1S/C14H19N5/c1-11-15-6-8-19(11)14-4-3-12(9-16-14)17-13-5-7-18(2)10-13/h3-4,6,8-9,13,17H,5,7,10H2,1-2H3. The molecular weight excluding hydrogens is 238 g/mol. The van der Waals surface area contributed by atoms with Gasteiger partial charge in [0.25, 0.3) is 0 Å². The van der Waals surface area contributed by atoms with Crippen LogP contribution in [-0.2, 0) is 0 Å². The fourth-order valence-corrected chi connectivity index (χ4v) is 2.52. The number of likely N-dealkylation sites (tertiary alicyclic amines) is 1. The minimum atomic E-state index is 0.535. The summed E-state index contributed by atoms with van der Waals surface area (Å²) in [6.07, 6.45) is 6.81. The molecule has 100 valence electrons. The Kier molecular flexibility index (Phi) is 3.21. The van der Waals surface area contributed by atoms with Crippen LogP contribution in [-0.4, -0.2) is 45.6 Å². The van der Waals surface area contributed by atoms with Crippen molar-refractivity contribution in [2.75, 3.05) is 25.5 Å². The fourth-order valence-electron chi connectivity index (χ4n) is 2.52. The molecular formula is C14H19N5. The SMILES string of the molecule is Cc1nccn1-c1ccc(NC2CCN(C)C2)cn1. The average Bonchev–Trinajstić information content (AvgIpc) is 3.00. The first-order valence-corrected chi connectivity index (χ1v) is 6.64. The molecule has 5 heteroatoms. The van der Waals surface area contributed by atoms with Crippen LogP contribution in [0.2, 0.25) is 0 Å². The molecule has 1 atom stereocenters. The number of nitrogens with zero attached hydrogens (tertiary/aromatic N) is 4. The predicted molar refractivity (Wildman–Crippen MR) is 75.6 cm³/mol. The smallest absolute Gasteiger partial charge is 0.138 e. The Bertz CT molecular complexity index is 545. The molecule has 0 bridgehead atoms. The Morgan fingerprint density at radius 1 is 1.32 bits per heavy atom. The van der Waals surface area contributed by atoms with Gasteiger partial charge < -0.3 is 10.2 Å². The van der Waals surface area contributed by atoms with E-state index in [1.807, 2.05) is 30.0 Å². The quantitative estimate of drug-likeness (QED) is 0.909. The van der Waals surface area contributed by atoms with Gasteiger partial charge in [-0.25, -0.2) is 9.97 Å². The van der Waals surface area contributed by atoms with Gasteiger partial charge in [0.2, 0.25) is 0 Å². The number of imidazole rings is 1. The van der Waals surface area contributed by atoms with Crippen LogP contribution < -0.4 is 5.32 Å². The van der Waals surface area contributed by atoms with Crippen molar-refractivity contribution >= 4 is 5.69 Å². The summed E-state index contributed by atoms with van der Waals surface area (Å²) in [4.78, 5) is 11.0. The van der Waals surface area contributed by atoms with Gasteiger partial charge in [-0.3, -0.25) is 4.57 Å². The van der Waals surface area contributed by atoms with E-state index in [2.05, 4.69) is 33.3 Å². The molecule has 1 aliphatic rings. The molecule has 2 aromatic heterocycles. The lowest BCUT2D eigenvalue weighted by atomic mass is 10.2. The van der Waals surface area contributed by atoms with E-state index in [1.165, 1.54) is 6.42 Å². The highest BCUT2D eigenvalue weighted by molar-refractivity contribution is 5.45. The van der Waals surface area contributed by atoms with E-state index >= 15 is 0 Å². The molecule has 0 saturated carbocycles. The number of nitrogens with one attached hydrogen (secondary N) is 1. The van der Waals surface area contributed by atoms with Crippen LogP contribution in [0.15, 0.2) is 30.7 Å². The molecule has 1 aliphatic heterocycles. The molecule has 1 fully saturated rings. The first-order chi connectivity index (χ1) is 9.22. The van der Waals surface area contributed by atoms with Crippen molar-refractivity contribution in [3.8, 4) is 5.82 Å². The zero-order valence-electron chi connectivity index (χ0n) is 11.4. The summed E-state index contributed by atoms with van der Waals surface area (Å²) < 4.78 is 1.98. The number of anilines is 1. The van der Waals surface area contributed by atoms with E-state index in [0.29, 0.717) is 6.04 Å². The van der Waals surface area contributed by atoms with Gasteiger partial charge in [-0.15, -0.1) is 0 Å². The van der Waals surface area contributed by atoms with Gasteiger partial charge in [0.1, 0.15) is 11.6 Å². The maximum absolute atomic E-state index is 4.49. The Morgan fingerprint density at radius 2 is 2.21 bits per heavy atom. The topological polar surface area (TPSA) is 46.0 Å². The van der Waals surface area contributed by atoms with E-state index in [0.717, 1.165) is 30.4 Å². The number of hydrogen-bond donors (Lipinski definition) is 1. The van der Waals surface area contributed by atoms with Crippen LogP contribution >= 0.6 is 0 Å². The van der Waals surface area contributed by atoms with Gasteiger partial charge in [0, 0.05) is 25.0 Å². The Hall–Kier alpha value is -1.88. The van der Waals surface area contributed by atoms with Crippen LogP contribution in [0.1, 0.15) is 12.2 Å². The van der Waals surface area contributed by atoms with Gasteiger partial charge >= 0.3 is 0 Å². The normalized spacial score (nSPS) is 19.8. The van der Waals surface area contributed by atoms with E-state index in [4.69, 9.17) is 0 Å². The second kappa shape index (κ2) is 5.01. The molecule has 3 heterocycles. The highest BCUT2D eigenvalue weighted by Crippen LogP contribution is 2.15. The van der Waals surface area contributed by atoms with Crippen molar-refractivity contribution in [1.82, 2.24) is 19.4 Å². The molecule has 0 amide bonds. The summed E-state index contributed by atoms with van der Waals surface area (Å²) in [6.45, 7) is 4.24. The predicted octanol–water partition coefficient (Wildman–Crippen LogP) is 1.69. The summed E-state index contributed by atoms with van der Waals surface area (Å²) in [5.41, 5.74) is 1.09. The number of hydrogen-bond acceptors (Lipinski definition) is 4. The van der Waals surface area contributed by atoms with Crippen molar-refractivity contribution in [3.05, 3.63) is 36.5 Å². The van der Waals surface area contributed by atoms with Crippen molar-refractivity contribution in [2.45, 2.75) is 19.4 Å². The lowest BCUT2D eigenvalue weighted by Crippen LogP contribution is -2.23. The van der Waals surface area contributed by atoms with E-state index < -0.39 is 0 Å².